The molecule has 0 aromatic heterocycles. The van der Waals surface area contributed by atoms with Crippen molar-refractivity contribution in [2.45, 2.75) is 70.1 Å². The van der Waals surface area contributed by atoms with Crippen molar-refractivity contribution in [1.82, 2.24) is 9.80 Å². The number of amides is 1. The van der Waals surface area contributed by atoms with Crippen molar-refractivity contribution in [3.05, 3.63) is 0 Å². The van der Waals surface area contributed by atoms with E-state index in [4.69, 9.17) is 10.5 Å². The van der Waals surface area contributed by atoms with Gasteiger partial charge in [-0.2, -0.15) is 0 Å². The molecule has 1 saturated carbocycles. The van der Waals surface area contributed by atoms with Crippen LogP contribution < -0.4 is 5.73 Å². The largest absolute Gasteiger partial charge is 0.469 e. The fourth-order valence-corrected chi connectivity index (χ4v) is 3.86. The molecule has 1 saturated heterocycles. The van der Waals surface area contributed by atoms with E-state index < -0.39 is 6.04 Å². The second-order valence-electron chi connectivity index (χ2n) is 7.87. The van der Waals surface area contributed by atoms with Gasteiger partial charge in [0.1, 0.15) is 0 Å². The van der Waals surface area contributed by atoms with E-state index in [9.17, 15) is 9.59 Å². The summed E-state index contributed by atoms with van der Waals surface area (Å²) in [5.41, 5.74) is 5.89. The molecule has 132 valence electrons. The number of hydrogen-bond donors (Lipinski definition) is 1. The van der Waals surface area contributed by atoms with Gasteiger partial charge in [0.05, 0.1) is 19.1 Å². The molecule has 0 aromatic carbocycles. The van der Waals surface area contributed by atoms with Gasteiger partial charge < -0.3 is 15.4 Å². The Hall–Kier alpha value is -1.14. The normalized spacial score (nSPS) is 32.5. The van der Waals surface area contributed by atoms with Crippen LogP contribution in [0.5, 0.6) is 0 Å². The van der Waals surface area contributed by atoms with Crippen LogP contribution in [0.2, 0.25) is 0 Å². The van der Waals surface area contributed by atoms with Crippen molar-refractivity contribution in [1.29, 1.82) is 0 Å². The van der Waals surface area contributed by atoms with Crippen molar-refractivity contribution >= 4 is 11.9 Å². The van der Waals surface area contributed by atoms with Crippen LogP contribution in [0.15, 0.2) is 0 Å². The van der Waals surface area contributed by atoms with Crippen LogP contribution in [0.25, 0.3) is 0 Å². The topological polar surface area (TPSA) is 75.9 Å². The lowest BCUT2D eigenvalue weighted by Crippen LogP contribution is -2.55. The number of rotatable bonds is 3. The highest BCUT2D eigenvalue weighted by Crippen LogP contribution is 2.35. The number of nitrogens with two attached hydrogens (primary N) is 1. The monoisotopic (exact) mass is 325 g/mol. The van der Waals surface area contributed by atoms with Crippen molar-refractivity contribution in [2.75, 3.05) is 20.7 Å². The number of carbonyl (C=O) groups is 2. The molecule has 0 bridgehead atoms. The molecule has 2 aliphatic rings. The van der Waals surface area contributed by atoms with Crippen LogP contribution in [0.4, 0.5) is 0 Å². The maximum Gasteiger partial charge on any atom is 0.310 e. The zero-order valence-corrected chi connectivity index (χ0v) is 15.0. The first-order valence-corrected chi connectivity index (χ1v) is 8.53. The van der Waals surface area contributed by atoms with Gasteiger partial charge in [0.25, 0.3) is 0 Å². The summed E-state index contributed by atoms with van der Waals surface area (Å²) in [4.78, 5) is 28.8. The van der Waals surface area contributed by atoms with Crippen LogP contribution >= 0.6 is 0 Å². The zero-order valence-electron chi connectivity index (χ0n) is 15.0. The first kappa shape index (κ1) is 18.2. The molecule has 2 N–H and O–H groups in total. The van der Waals surface area contributed by atoms with Gasteiger partial charge in [-0.3, -0.25) is 14.5 Å². The zero-order chi connectivity index (χ0) is 17.4. The maximum atomic E-state index is 12.3. The Bertz CT molecular complexity index is 460. The smallest absolute Gasteiger partial charge is 0.310 e. The van der Waals surface area contributed by atoms with Gasteiger partial charge in [-0.15, -0.1) is 0 Å². The molecule has 6 nitrogen and oxygen atoms in total. The number of hydrogen-bond acceptors (Lipinski definition) is 5. The Morgan fingerprint density at radius 3 is 2.43 bits per heavy atom. The van der Waals surface area contributed by atoms with E-state index >= 15 is 0 Å². The maximum absolute atomic E-state index is 12.3. The van der Waals surface area contributed by atoms with E-state index in [1.54, 1.807) is 0 Å². The first-order valence-electron chi connectivity index (χ1n) is 8.53. The summed E-state index contributed by atoms with van der Waals surface area (Å²) in [6.07, 6.45) is 3.20. The fraction of sp³-hybridized carbons (Fsp3) is 0.882. The summed E-state index contributed by atoms with van der Waals surface area (Å²) in [5.74, 6) is -0.500. The third-order valence-electron chi connectivity index (χ3n) is 5.58. The molecule has 1 aliphatic heterocycles. The molecule has 23 heavy (non-hydrogen) atoms. The highest BCUT2D eigenvalue weighted by atomic mass is 16.5. The van der Waals surface area contributed by atoms with Crippen LogP contribution in [0, 0.1) is 5.92 Å². The van der Waals surface area contributed by atoms with Gasteiger partial charge in [-0.1, -0.05) is 0 Å². The number of carbonyl (C=O) groups excluding carboxylic acids is 2. The van der Waals surface area contributed by atoms with E-state index in [0.717, 1.165) is 19.3 Å². The number of esters is 1. The van der Waals surface area contributed by atoms with Gasteiger partial charge in [0.2, 0.25) is 5.91 Å². The van der Waals surface area contributed by atoms with Crippen LogP contribution in [-0.2, 0) is 14.3 Å². The van der Waals surface area contributed by atoms with Gasteiger partial charge in [0.15, 0.2) is 0 Å². The Morgan fingerprint density at radius 1 is 1.30 bits per heavy atom. The SMILES string of the molecule is COC(=O)[C@@H]1C[C@H](N(C)C(C)(C)C)CC[C@@H]1N1CCC(N)C1=O. The van der Waals surface area contributed by atoms with Crippen molar-refractivity contribution < 1.29 is 14.3 Å². The van der Waals surface area contributed by atoms with E-state index in [-0.39, 0.29) is 29.4 Å². The van der Waals surface area contributed by atoms with Crippen molar-refractivity contribution in [3.8, 4) is 0 Å². The number of ether oxygens (including phenoxy) is 1. The molecule has 0 radical (unpaired) electrons. The minimum atomic E-state index is -0.414. The van der Waals surface area contributed by atoms with Gasteiger partial charge >= 0.3 is 5.97 Å². The molecule has 0 aromatic rings. The summed E-state index contributed by atoms with van der Waals surface area (Å²) in [7, 11) is 3.53. The van der Waals surface area contributed by atoms with E-state index in [0.29, 0.717) is 19.0 Å². The molecule has 1 aliphatic carbocycles. The summed E-state index contributed by atoms with van der Waals surface area (Å²) < 4.78 is 5.03. The molecular weight excluding hydrogens is 294 g/mol. The molecular formula is C17H31N3O3. The lowest BCUT2D eigenvalue weighted by molar-refractivity contribution is -0.152. The molecule has 1 heterocycles. The first-order chi connectivity index (χ1) is 10.7. The highest BCUT2D eigenvalue weighted by Gasteiger charge is 2.45. The van der Waals surface area contributed by atoms with E-state index in [1.165, 1.54) is 7.11 Å². The second kappa shape index (κ2) is 6.77. The van der Waals surface area contributed by atoms with Crippen LogP contribution in [0.3, 0.4) is 0 Å². The predicted molar refractivity (Wildman–Crippen MR) is 88.8 cm³/mol. The number of methoxy groups -OCH3 is 1. The lowest BCUT2D eigenvalue weighted by atomic mass is 9.79. The fourth-order valence-electron chi connectivity index (χ4n) is 3.86. The van der Waals surface area contributed by atoms with Crippen LogP contribution in [0.1, 0.15) is 46.5 Å². The summed E-state index contributed by atoms with van der Waals surface area (Å²) in [6, 6.07) is -0.168. The summed E-state index contributed by atoms with van der Waals surface area (Å²) in [6.45, 7) is 7.18. The Kier molecular flexibility index (Phi) is 5.36. The molecule has 1 unspecified atom stereocenters. The molecule has 2 fully saturated rings. The molecule has 2 rings (SSSR count). The average molecular weight is 325 g/mol. The Balaban J connectivity index is 2.16. The second-order valence-corrected chi connectivity index (χ2v) is 7.87. The third kappa shape index (κ3) is 3.69. The third-order valence-corrected chi connectivity index (χ3v) is 5.58. The van der Waals surface area contributed by atoms with Crippen molar-refractivity contribution in [2.24, 2.45) is 11.7 Å². The minimum absolute atomic E-state index is 0.0217. The number of likely N-dealkylation sites (tertiary alicyclic amines) is 1. The quantitative estimate of drug-likeness (QED) is 0.783. The lowest BCUT2D eigenvalue weighted by Gasteiger charge is -2.46. The minimum Gasteiger partial charge on any atom is -0.469 e. The predicted octanol–water partition coefficient (Wildman–Crippen LogP) is 0.987. The van der Waals surface area contributed by atoms with E-state index in [1.807, 2.05) is 4.90 Å². The van der Waals surface area contributed by atoms with Gasteiger partial charge in [-0.25, -0.2) is 0 Å². The molecule has 1 amide bonds. The van der Waals surface area contributed by atoms with E-state index in [2.05, 4.69) is 32.7 Å². The number of nitrogens with zero attached hydrogens (tertiary/aromatic N) is 2. The molecule has 4 atom stereocenters. The Labute approximate surface area is 139 Å². The average Bonchev–Trinajstić information content (AvgIpc) is 2.84. The van der Waals surface area contributed by atoms with Crippen molar-refractivity contribution in [3.63, 3.8) is 0 Å². The molecule has 6 heteroatoms. The summed E-state index contributed by atoms with van der Waals surface area (Å²) >= 11 is 0. The van der Waals surface area contributed by atoms with Gasteiger partial charge in [-0.05, 0) is 53.5 Å². The Morgan fingerprint density at radius 2 is 1.96 bits per heavy atom. The standard InChI is InChI=1S/C17H31N3O3/c1-17(2,3)19(4)11-6-7-14(12(10-11)16(22)23-5)20-9-8-13(18)15(20)21/h11-14H,6-10,18H2,1-5H3/t11-,12-,13?,14+/m1/s1. The summed E-state index contributed by atoms with van der Waals surface area (Å²) in [5, 5.41) is 0. The molecule has 0 spiro atoms. The highest BCUT2D eigenvalue weighted by molar-refractivity contribution is 5.85. The van der Waals surface area contributed by atoms with Gasteiger partial charge in [0, 0.05) is 24.2 Å². The van der Waals surface area contributed by atoms with Crippen LogP contribution in [-0.4, -0.2) is 66.0 Å².